The van der Waals surface area contributed by atoms with Crippen molar-refractivity contribution in [2.45, 2.75) is 57.0 Å². The Morgan fingerprint density at radius 1 is 1.04 bits per heavy atom. The number of hydrogen-bond donors (Lipinski definition) is 2. The molecule has 1 saturated heterocycles. The third kappa shape index (κ3) is 4.92. The molecule has 4 heteroatoms. The molecule has 3 nitrogen and oxygen atoms in total. The van der Waals surface area contributed by atoms with Crippen molar-refractivity contribution in [1.29, 1.82) is 0 Å². The van der Waals surface area contributed by atoms with E-state index in [0.29, 0.717) is 12.1 Å². The first kappa shape index (κ1) is 16.7. The van der Waals surface area contributed by atoms with Crippen molar-refractivity contribution >= 4 is 17.3 Å². The Balaban J connectivity index is 1.54. The third-order valence-corrected chi connectivity index (χ3v) is 5.42. The van der Waals surface area contributed by atoms with Crippen molar-refractivity contribution in [3.63, 3.8) is 0 Å². The van der Waals surface area contributed by atoms with E-state index in [1.54, 1.807) is 0 Å². The van der Waals surface area contributed by atoms with Crippen LogP contribution in [0.5, 0.6) is 0 Å². The smallest absolute Gasteiger partial charge is 0.166 e. The second-order valence-corrected chi connectivity index (χ2v) is 7.27. The number of nitrogens with one attached hydrogen (secondary N) is 2. The van der Waals surface area contributed by atoms with Crippen molar-refractivity contribution in [3.05, 3.63) is 35.9 Å². The van der Waals surface area contributed by atoms with Crippen LogP contribution in [0.2, 0.25) is 0 Å². The molecule has 1 aliphatic heterocycles. The molecule has 0 bridgehead atoms. The van der Waals surface area contributed by atoms with E-state index < -0.39 is 0 Å². The fraction of sp³-hybridized carbons (Fsp3) is 0.632. The lowest BCUT2D eigenvalue weighted by atomic mass is 9.96. The van der Waals surface area contributed by atoms with Crippen molar-refractivity contribution in [2.24, 2.45) is 0 Å². The summed E-state index contributed by atoms with van der Waals surface area (Å²) >= 11 is 5.54. The Labute approximate surface area is 145 Å². The van der Waals surface area contributed by atoms with E-state index in [4.69, 9.17) is 12.2 Å². The van der Waals surface area contributed by atoms with Crippen LogP contribution in [0.3, 0.4) is 0 Å². The standard InChI is InChI=1S/C19H29N3S/c23-19(21-17-11-5-2-6-12-17)20-15-18(22-13-7-8-14-22)16-9-3-1-4-10-16/h1,3-4,9-10,17-18H,2,5-8,11-15H2,(H2,20,21,23)/t18-/m1/s1. The molecular formula is C19H29N3S. The molecule has 0 unspecified atom stereocenters. The lowest BCUT2D eigenvalue weighted by Gasteiger charge is -2.30. The van der Waals surface area contributed by atoms with Crippen molar-refractivity contribution in [3.8, 4) is 0 Å². The van der Waals surface area contributed by atoms with Crippen LogP contribution in [-0.4, -0.2) is 35.7 Å². The zero-order valence-corrected chi connectivity index (χ0v) is 14.8. The first-order chi connectivity index (χ1) is 11.3. The van der Waals surface area contributed by atoms with Crippen LogP contribution in [0.15, 0.2) is 30.3 Å². The zero-order valence-electron chi connectivity index (χ0n) is 14.0. The van der Waals surface area contributed by atoms with Crippen LogP contribution >= 0.6 is 12.2 Å². The lowest BCUT2D eigenvalue weighted by Crippen LogP contribution is -2.45. The summed E-state index contributed by atoms with van der Waals surface area (Å²) in [5.74, 6) is 0. The average Bonchev–Trinajstić information content (AvgIpc) is 3.11. The van der Waals surface area contributed by atoms with Crippen LogP contribution in [0.1, 0.15) is 56.6 Å². The van der Waals surface area contributed by atoms with Gasteiger partial charge in [0.15, 0.2) is 5.11 Å². The number of rotatable bonds is 5. The summed E-state index contributed by atoms with van der Waals surface area (Å²) < 4.78 is 0. The Kier molecular flexibility index (Phi) is 6.29. The highest BCUT2D eigenvalue weighted by molar-refractivity contribution is 7.80. The number of hydrogen-bond acceptors (Lipinski definition) is 2. The third-order valence-electron chi connectivity index (χ3n) is 5.16. The van der Waals surface area contributed by atoms with E-state index in [0.717, 1.165) is 11.7 Å². The van der Waals surface area contributed by atoms with E-state index in [9.17, 15) is 0 Å². The van der Waals surface area contributed by atoms with Crippen LogP contribution in [0.4, 0.5) is 0 Å². The minimum atomic E-state index is 0.421. The van der Waals surface area contributed by atoms with Gasteiger partial charge in [0.2, 0.25) is 0 Å². The van der Waals surface area contributed by atoms with Gasteiger partial charge in [-0.3, -0.25) is 4.90 Å². The number of likely N-dealkylation sites (tertiary alicyclic amines) is 1. The maximum atomic E-state index is 5.54. The first-order valence-corrected chi connectivity index (χ1v) is 9.57. The van der Waals surface area contributed by atoms with Crippen LogP contribution in [0.25, 0.3) is 0 Å². The molecule has 126 valence electrons. The van der Waals surface area contributed by atoms with Gasteiger partial charge in [0, 0.05) is 12.6 Å². The molecule has 2 fully saturated rings. The normalized spacial score (nSPS) is 21.0. The molecule has 0 spiro atoms. The van der Waals surface area contributed by atoms with Crippen molar-refractivity contribution in [2.75, 3.05) is 19.6 Å². The van der Waals surface area contributed by atoms with Crippen molar-refractivity contribution in [1.82, 2.24) is 15.5 Å². The second-order valence-electron chi connectivity index (χ2n) is 6.86. The quantitative estimate of drug-likeness (QED) is 0.806. The van der Waals surface area contributed by atoms with E-state index in [2.05, 4.69) is 45.9 Å². The van der Waals surface area contributed by atoms with Crippen LogP contribution < -0.4 is 10.6 Å². The summed E-state index contributed by atoms with van der Waals surface area (Å²) in [6, 6.07) is 11.8. The maximum absolute atomic E-state index is 5.54. The van der Waals surface area contributed by atoms with Gasteiger partial charge >= 0.3 is 0 Å². The van der Waals surface area contributed by atoms with Crippen molar-refractivity contribution < 1.29 is 0 Å². The Bertz CT molecular complexity index is 479. The Morgan fingerprint density at radius 3 is 2.43 bits per heavy atom. The maximum Gasteiger partial charge on any atom is 0.166 e. The van der Waals surface area contributed by atoms with E-state index in [1.807, 2.05) is 0 Å². The Hall–Kier alpha value is -1.13. The predicted molar refractivity (Wildman–Crippen MR) is 101 cm³/mol. The number of nitrogens with zero attached hydrogens (tertiary/aromatic N) is 1. The largest absolute Gasteiger partial charge is 0.361 e. The molecule has 2 N–H and O–H groups in total. The molecule has 0 radical (unpaired) electrons. The topological polar surface area (TPSA) is 27.3 Å². The summed E-state index contributed by atoms with van der Waals surface area (Å²) in [7, 11) is 0. The summed E-state index contributed by atoms with van der Waals surface area (Å²) in [5, 5.41) is 7.83. The van der Waals surface area contributed by atoms with E-state index in [-0.39, 0.29) is 0 Å². The molecule has 3 rings (SSSR count). The first-order valence-electron chi connectivity index (χ1n) is 9.16. The highest BCUT2D eigenvalue weighted by Gasteiger charge is 2.23. The van der Waals surface area contributed by atoms with Gasteiger partial charge in [0.25, 0.3) is 0 Å². The van der Waals surface area contributed by atoms with Gasteiger partial charge in [-0.15, -0.1) is 0 Å². The van der Waals surface area contributed by atoms with E-state index in [1.165, 1.54) is 63.6 Å². The van der Waals surface area contributed by atoms with Crippen LogP contribution in [-0.2, 0) is 0 Å². The van der Waals surface area contributed by atoms with Gasteiger partial charge in [-0.25, -0.2) is 0 Å². The van der Waals surface area contributed by atoms with E-state index >= 15 is 0 Å². The molecule has 0 amide bonds. The van der Waals surface area contributed by atoms with Gasteiger partial charge in [-0.05, 0) is 56.6 Å². The molecule has 1 heterocycles. The summed E-state index contributed by atoms with van der Waals surface area (Å²) in [6.07, 6.45) is 9.19. The average molecular weight is 332 g/mol. The number of benzene rings is 1. The molecule has 1 saturated carbocycles. The molecule has 1 aromatic rings. The predicted octanol–water partition coefficient (Wildman–Crippen LogP) is 3.62. The van der Waals surface area contributed by atoms with Gasteiger partial charge in [-0.1, -0.05) is 49.6 Å². The SMILES string of the molecule is S=C(NC[C@H](c1ccccc1)N1CCCC1)NC1CCCCC1. The highest BCUT2D eigenvalue weighted by Crippen LogP contribution is 2.24. The molecule has 2 aliphatic rings. The summed E-state index contributed by atoms with van der Waals surface area (Å²) in [6.45, 7) is 3.29. The van der Waals surface area contributed by atoms with Crippen LogP contribution in [0, 0.1) is 0 Å². The molecule has 1 aliphatic carbocycles. The molecule has 1 atom stereocenters. The zero-order chi connectivity index (χ0) is 15.9. The lowest BCUT2D eigenvalue weighted by molar-refractivity contribution is 0.245. The fourth-order valence-electron chi connectivity index (χ4n) is 3.86. The monoisotopic (exact) mass is 331 g/mol. The van der Waals surface area contributed by atoms with Gasteiger partial charge in [0.05, 0.1) is 6.04 Å². The fourth-order valence-corrected chi connectivity index (χ4v) is 4.11. The van der Waals surface area contributed by atoms with Gasteiger partial charge in [0.1, 0.15) is 0 Å². The van der Waals surface area contributed by atoms with Gasteiger partial charge < -0.3 is 10.6 Å². The summed E-state index contributed by atoms with van der Waals surface area (Å²) in [5.41, 5.74) is 1.39. The molecule has 1 aromatic carbocycles. The minimum absolute atomic E-state index is 0.421. The Morgan fingerprint density at radius 2 is 1.74 bits per heavy atom. The summed E-state index contributed by atoms with van der Waals surface area (Å²) in [4.78, 5) is 2.59. The highest BCUT2D eigenvalue weighted by atomic mass is 32.1. The molecule has 0 aromatic heterocycles. The number of thiocarbonyl (C=S) groups is 1. The molecule has 23 heavy (non-hydrogen) atoms. The van der Waals surface area contributed by atoms with Gasteiger partial charge in [-0.2, -0.15) is 0 Å². The minimum Gasteiger partial charge on any atom is -0.361 e. The second kappa shape index (κ2) is 8.65. The molecular weight excluding hydrogens is 302 g/mol.